The highest BCUT2D eigenvalue weighted by Gasteiger charge is 2.34. The van der Waals surface area contributed by atoms with Crippen LogP contribution in [0, 0.1) is 0 Å². The summed E-state index contributed by atoms with van der Waals surface area (Å²) in [5.74, 6) is 0. The summed E-state index contributed by atoms with van der Waals surface area (Å²) in [4.78, 5) is 0. The first kappa shape index (κ1) is 28.0. The van der Waals surface area contributed by atoms with Crippen LogP contribution in [0.5, 0.6) is 0 Å². The summed E-state index contributed by atoms with van der Waals surface area (Å²) in [6, 6.07) is 0. The molecule has 0 aliphatic carbocycles. The molecule has 0 atom stereocenters. The molecular formula is C16H40BF4NP+. The van der Waals surface area contributed by atoms with Gasteiger partial charge in [-0.3, -0.25) is 0 Å². The summed E-state index contributed by atoms with van der Waals surface area (Å²) in [5.41, 5.74) is 0. The van der Waals surface area contributed by atoms with E-state index in [1.807, 2.05) is 0 Å². The molecule has 0 spiro atoms. The van der Waals surface area contributed by atoms with Gasteiger partial charge in [-0.15, -0.1) is 0 Å². The zero-order valence-corrected chi connectivity index (χ0v) is 16.9. The second kappa shape index (κ2) is 17.0. The molecule has 0 saturated heterocycles. The van der Waals surface area contributed by atoms with Crippen LogP contribution in [0.3, 0.4) is 0 Å². The molecule has 0 unspecified atom stereocenters. The van der Waals surface area contributed by atoms with Crippen LogP contribution in [0.25, 0.3) is 0 Å². The topological polar surface area (TPSA) is 36.5 Å². The number of hydrogen-bond donors (Lipinski definition) is 1. The van der Waals surface area contributed by atoms with E-state index in [9.17, 15) is 17.3 Å². The first-order chi connectivity index (χ1) is 10.2. The number of unbranched alkanes of at least 4 members (excludes halogenated alkanes) is 4. The van der Waals surface area contributed by atoms with E-state index >= 15 is 0 Å². The van der Waals surface area contributed by atoms with Crippen LogP contribution in [0.4, 0.5) is 17.3 Å². The van der Waals surface area contributed by atoms with Crippen molar-refractivity contribution in [3.63, 3.8) is 0 Å². The minimum Gasteiger partial charge on any atom is -0.418 e. The maximum atomic E-state index is 9.75. The van der Waals surface area contributed by atoms with Gasteiger partial charge in [-0.25, -0.2) is 0 Å². The van der Waals surface area contributed by atoms with E-state index in [4.69, 9.17) is 0 Å². The molecule has 0 radical (unpaired) electrons. The van der Waals surface area contributed by atoms with Crippen molar-refractivity contribution in [2.24, 2.45) is 0 Å². The Morgan fingerprint density at radius 1 is 0.565 bits per heavy atom. The SMILES string of the molecule is CCCC[P+](CCCC)(CCCC)CCCC.F[B-](F)(F)F.[NH4+]. The Balaban J connectivity index is -0.000000578. The fourth-order valence-electron chi connectivity index (χ4n) is 2.64. The third-order valence-electron chi connectivity index (χ3n) is 3.94. The smallest absolute Gasteiger partial charge is 0.418 e. The largest absolute Gasteiger partial charge is 0.673 e. The van der Waals surface area contributed by atoms with Gasteiger partial charge in [0.1, 0.15) is 0 Å². The third kappa shape index (κ3) is 22.2. The van der Waals surface area contributed by atoms with Gasteiger partial charge in [-0.2, -0.15) is 0 Å². The van der Waals surface area contributed by atoms with Gasteiger partial charge in [0.15, 0.2) is 0 Å². The molecule has 0 aromatic carbocycles. The molecule has 0 bridgehead atoms. The Kier molecular flexibility index (Phi) is 20.7. The molecule has 7 heteroatoms. The lowest BCUT2D eigenvalue weighted by Gasteiger charge is -2.28. The normalized spacial score (nSPS) is 11.5. The minimum absolute atomic E-state index is 0. The van der Waals surface area contributed by atoms with Crippen LogP contribution >= 0.6 is 7.26 Å². The molecule has 0 aliphatic rings. The standard InChI is InChI=1S/C16H36P.BF4.H3N/c1-5-9-13-17(14-10-6-2,15-11-7-3)16-12-8-4;2-1(3,4)5;/h5-16H2,1-4H3;;1H3/q+1;-1;/p+1. The average molecular weight is 364 g/mol. The van der Waals surface area contributed by atoms with Gasteiger partial charge >= 0.3 is 7.25 Å². The van der Waals surface area contributed by atoms with Crippen LogP contribution in [0.2, 0.25) is 0 Å². The number of halogens is 4. The van der Waals surface area contributed by atoms with E-state index in [-0.39, 0.29) is 6.15 Å². The van der Waals surface area contributed by atoms with Crippen molar-refractivity contribution in [1.29, 1.82) is 0 Å². The summed E-state index contributed by atoms with van der Waals surface area (Å²) >= 11 is 0. The van der Waals surface area contributed by atoms with Crippen molar-refractivity contribution < 1.29 is 17.3 Å². The highest BCUT2D eigenvalue weighted by molar-refractivity contribution is 7.75. The van der Waals surface area contributed by atoms with E-state index in [2.05, 4.69) is 27.7 Å². The maximum Gasteiger partial charge on any atom is 0.673 e. The zero-order chi connectivity index (χ0) is 17.5. The molecular weight excluding hydrogens is 324 g/mol. The molecule has 4 N–H and O–H groups in total. The molecule has 0 aromatic rings. The van der Waals surface area contributed by atoms with E-state index in [0.29, 0.717) is 0 Å². The lowest BCUT2D eigenvalue weighted by atomic mass is 10.3. The summed E-state index contributed by atoms with van der Waals surface area (Å²) in [7, 11) is -6.56. The third-order valence-corrected chi connectivity index (χ3v) is 9.00. The second-order valence-corrected chi connectivity index (χ2v) is 10.6. The van der Waals surface area contributed by atoms with Crippen LogP contribution in [0.15, 0.2) is 0 Å². The van der Waals surface area contributed by atoms with Crippen LogP contribution in [-0.4, -0.2) is 31.9 Å². The summed E-state index contributed by atoms with van der Waals surface area (Å²) in [6.45, 7) is 9.42. The Morgan fingerprint density at radius 2 is 0.739 bits per heavy atom. The predicted octanol–water partition coefficient (Wildman–Crippen LogP) is 7.88. The van der Waals surface area contributed by atoms with Crippen LogP contribution in [-0.2, 0) is 0 Å². The average Bonchev–Trinajstić information content (AvgIpc) is 2.44. The van der Waals surface area contributed by atoms with Gasteiger partial charge < -0.3 is 23.4 Å². The molecule has 0 saturated carbocycles. The molecule has 0 aromatic heterocycles. The van der Waals surface area contributed by atoms with Crippen molar-refractivity contribution >= 4 is 14.5 Å². The lowest BCUT2D eigenvalue weighted by Crippen LogP contribution is -2.12. The van der Waals surface area contributed by atoms with Gasteiger partial charge in [-0.05, 0) is 25.7 Å². The van der Waals surface area contributed by atoms with Crippen molar-refractivity contribution in [3.8, 4) is 0 Å². The second-order valence-electron chi connectivity index (χ2n) is 6.15. The predicted molar refractivity (Wildman–Crippen MR) is 102 cm³/mol. The van der Waals surface area contributed by atoms with Crippen molar-refractivity contribution in [2.75, 3.05) is 24.6 Å². The fourth-order valence-corrected chi connectivity index (χ4v) is 7.93. The Bertz CT molecular complexity index is 197. The number of rotatable bonds is 12. The molecule has 23 heavy (non-hydrogen) atoms. The van der Waals surface area contributed by atoms with Crippen LogP contribution in [0.1, 0.15) is 79.1 Å². The Labute approximate surface area is 142 Å². The molecule has 0 aliphatic heterocycles. The summed E-state index contributed by atoms with van der Waals surface area (Å²) < 4.78 is 39.0. The quantitative estimate of drug-likeness (QED) is 0.208. The highest BCUT2D eigenvalue weighted by Crippen LogP contribution is 2.61. The van der Waals surface area contributed by atoms with E-state index in [1.54, 1.807) is 24.6 Å². The molecule has 0 amide bonds. The maximum absolute atomic E-state index is 9.75. The molecule has 1 nitrogen and oxygen atoms in total. The Hall–Kier alpha value is 0.175. The lowest BCUT2D eigenvalue weighted by molar-refractivity contribution is 0.368. The monoisotopic (exact) mass is 364 g/mol. The number of hydrogen-bond acceptors (Lipinski definition) is 0. The van der Waals surface area contributed by atoms with Crippen LogP contribution < -0.4 is 6.15 Å². The van der Waals surface area contributed by atoms with E-state index < -0.39 is 14.5 Å². The Morgan fingerprint density at radius 3 is 0.870 bits per heavy atom. The zero-order valence-electron chi connectivity index (χ0n) is 16.0. The first-order valence-corrected chi connectivity index (χ1v) is 11.5. The highest BCUT2D eigenvalue weighted by atomic mass is 31.2. The van der Waals surface area contributed by atoms with Crippen molar-refractivity contribution in [1.82, 2.24) is 6.15 Å². The summed E-state index contributed by atoms with van der Waals surface area (Å²) in [6.07, 6.45) is 17.9. The van der Waals surface area contributed by atoms with Gasteiger partial charge in [0.05, 0.1) is 24.6 Å². The van der Waals surface area contributed by atoms with Gasteiger partial charge in [-0.1, -0.05) is 53.4 Å². The van der Waals surface area contributed by atoms with Gasteiger partial charge in [0.2, 0.25) is 0 Å². The first-order valence-electron chi connectivity index (χ1n) is 8.97. The van der Waals surface area contributed by atoms with E-state index in [0.717, 1.165) is 0 Å². The molecule has 0 fully saturated rings. The van der Waals surface area contributed by atoms with Gasteiger partial charge in [0.25, 0.3) is 0 Å². The van der Waals surface area contributed by atoms with E-state index in [1.165, 1.54) is 51.4 Å². The molecule has 0 rings (SSSR count). The molecule has 144 valence electrons. The van der Waals surface area contributed by atoms with Crippen molar-refractivity contribution in [3.05, 3.63) is 0 Å². The van der Waals surface area contributed by atoms with Crippen molar-refractivity contribution in [2.45, 2.75) is 79.1 Å². The van der Waals surface area contributed by atoms with Gasteiger partial charge in [0, 0.05) is 7.26 Å². The molecule has 0 heterocycles. The summed E-state index contributed by atoms with van der Waals surface area (Å²) in [5, 5.41) is 0. The minimum atomic E-state index is -6.00. The number of quaternary nitrogens is 1. The fraction of sp³-hybridized carbons (Fsp3) is 1.00.